The van der Waals surface area contributed by atoms with Crippen LogP contribution in [0, 0.1) is 6.92 Å². The summed E-state index contributed by atoms with van der Waals surface area (Å²) in [6, 6.07) is 4.02. The molecule has 0 unspecified atom stereocenters. The molecule has 0 saturated heterocycles. The van der Waals surface area contributed by atoms with Crippen LogP contribution in [-0.4, -0.2) is 24.9 Å². The zero-order valence-corrected chi connectivity index (χ0v) is 14.8. The van der Waals surface area contributed by atoms with Crippen LogP contribution in [0.4, 0.5) is 0 Å². The van der Waals surface area contributed by atoms with E-state index in [9.17, 15) is 5.11 Å². The predicted octanol–water partition coefficient (Wildman–Crippen LogP) is 3.34. The van der Waals surface area contributed by atoms with Crippen LogP contribution in [0.15, 0.2) is 42.5 Å². The highest BCUT2D eigenvalue weighted by atomic mass is 16.3. The molecule has 2 heterocycles. The molecule has 26 heavy (non-hydrogen) atoms. The van der Waals surface area contributed by atoms with Crippen LogP contribution in [0.5, 0.6) is 5.75 Å². The molecule has 1 aromatic carbocycles. The molecule has 1 aliphatic carbocycles. The lowest BCUT2D eigenvalue weighted by Gasteiger charge is -2.01. The number of rotatable bonds is 3. The molecule has 0 saturated carbocycles. The van der Waals surface area contributed by atoms with Gasteiger partial charge in [0.25, 0.3) is 0 Å². The number of allylic oxidation sites excluding steroid dienone is 6. The summed E-state index contributed by atoms with van der Waals surface area (Å²) in [5.41, 5.74) is 11.7. The second-order valence-electron chi connectivity index (χ2n) is 6.44. The molecule has 2 aromatic heterocycles. The van der Waals surface area contributed by atoms with Crippen LogP contribution in [0.3, 0.4) is 0 Å². The van der Waals surface area contributed by atoms with E-state index < -0.39 is 0 Å². The van der Waals surface area contributed by atoms with E-state index in [1.165, 1.54) is 0 Å². The Morgan fingerprint density at radius 2 is 2.15 bits per heavy atom. The van der Waals surface area contributed by atoms with Crippen LogP contribution >= 0.6 is 0 Å². The van der Waals surface area contributed by atoms with Gasteiger partial charge in [-0.15, -0.1) is 0 Å². The Labute approximate surface area is 151 Å². The maximum absolute atomic E-state index is 10.8. The zero-order chi connectivity index (χ0) is 18.3. The summed E-state index contributed by atoms with van der Waals surface area (Å²) >= 11 is 0. The minimum atomic E-state index is 0.125. The predicted molar refractivity (Wildman–Crippen MR) is 103 cm³/mol. The number of nitrogens with two attached hydrogens (primary N) is 1. The fraction of sp³-hybridized carbons (Fsp3) is 0.200. The zero-order valence-electron chi connectivity index (χ0n) is 14.8. The van der Waals surface area contributed by atoms with E-state index in [2.05, 4.69) is 21.1 Å². The van der Waals surface area contributed by atoms with Crippen molar-refractivity contribution in [3.8, 4) is 17.3 Å². The largest absolute Gasteiger partial charge is 0.504 e. The Balaban J connectivity index is 1.83. The summed E-state index contributed by atoms with van der Waals surface area (Å²) in [6.45, 7) is 2.50. The number of aromatic amines is 1. The van der Waals surface area contributed by atoms with Gasteiger partial charge in [0.05, 0.1) is 11.0 Å². The summed E-state index contributed by atoms with van der Waals surface area (Å²) in [5, 5.41) is 15.3. The van der Waals surface area contributed by atoms with Gasteiger partial charge in [-0.3, -0.25) is 4.68 Å². The van der Waals surface area contributed by atoms with E-state index in [1.807, 2.05) is 50.4 Å². The molecule has 0 bridgehead atoms. The molecule has 3 aromatic rings. The highest BCUT2D eigenvalue weighted by Crippen LogP contribution is 2.36. The maximum atomic E-state index is 10.8. The first-order valence-electron chi connectivity index (χ1n) is 8.58. The first-order valence-corrected chi connectivity index (χ1v) is 8.58. The smallest absolute Gasteiger partial charge is 0.173 e. The van der Waals surface area contributed by atoms with Gasteiger partial charge in [-0.05, 0) is 36.6 Å². The Kier molecular flexibility index (Phi) is 3.97. The molecule has 0 spiro atoms. The van der Waals surface area contributed by atoms with E-state index in [1.54, 1.807) is 4.68 Å². The van der Waals surface area contributed by atoms with Crippen LogP contribution in [-0.2, 0) is 13.6 Å². The minimum Gasteiger partial charge on any atom is -0.504 e. The van der Waals surface area contributed by atoms with Gasteiger partial charge in [-0.25, -0.2) is 4.98 Å². The highest BCUT2D eigenvalue weighted by molar-refractivity contribution is 5.84. The fourth-order valence-corrected chi connectivity index (χ4v) is 3.27. The van der Waals surface area contributed by atoms with Gasteiger partial charge >= 0.3 is 0 Å². The maximum Gasteiger partial charge on any atom is 0.173 e. The van der Waals surface area contributed by atoms with Crippen molar-refractivity contribution >= 4 is 16.6 Å². The second kappa shape index (κ2) is 6.31. The molecule has 132 valence electrons. The minimum absolute atomic E-state index is 0.125. The SMILES string of the molecule is Cc1cc2[nH]c(-c3c(O)c(C4=CCC=CC=C4)nn3C)nc2cc1CN. The molecular formula is C20H21N5O. The highest BCUT2D eigenvalue weighted by Gasteiger charge is 2.21. The number of fused-ring (bicyclic) bond motifs is 1. The third kappa shape index (κ3) is 2.64. The number of aromatic hydroxyl groups is 1. The molecule has 0 amide bonds. The second-order valence-corrected chi connectivity index (χ2v) is 6.44. The van der Waals surface area contributed by atoms with Gasteiger partial charge < -0.3 is 15.8 Å². The number of H-pyrrole nitrogens is 1. The molecule has 4 rings (SSSR count). The van der Waals surface area contributed by atoms with Crippen molar-refractivity contribution in [2.45, 2.75) is 19.9 Å². The van der Waals surface area contributed by atoms with Crippen molar-refractivity contribution in [1.82, 2.24) is 19.7 Å². The lowest BCUT2D eigenvalue weighted by Crippen LogP contribution is -1.98. The molecule has 0 aliphatic heterocycles. The van der Waals surface area contributed by atoms with Crippen molar-refractivity contribution in [2.24, 2.45) is 12.8 Å². The Bertz CT molecular complexity index is 1080. The molecule has 6 heteroatoms. The van der Waals surface area contributed by atoms with Gasteiger partial charge in [0.1, 0.15) is 11.4 Å². The Morgan fingerprint density at radius 3 is 2.96 bits per heavy atom. The monoisotopic (exact) mass is 347 g/mol. The molecule has 0 radical (unpaired) electrons. The number of nitrogens with one attached hydrogen (secondary N) is 1. The van der Waals surface area contributed by atoms with Gasteiger partial charge in [-0.1, -0.05) is 30.4 Å². The lowest BCUT2D eigenvalue weighted by molar-refractivity contribution is 0.475. The van der Waals surface area contributed by atoms with Crippen molar-refractivity contribution in [3.63, 3.8) is 0 Å². The first-order chi connectivity index (χ1) is 12.6. The van der Waals surface area contributed by atoms with E-state index >= 15 is 0 Å². The fourth-order valence-electron chi connectivity index (χ4n) is 3.27. The van der Waals surface area contributed by atoms with E-state index in [-0.39, 0.29) is 5.75 Å². The van der Waals surface area contributed by atoms with Gasteiger partial charge in [0.2, 0.25) is 0 Å². The topological polar surface area (TPSA) is 92.7 Å². The van der Waals surface area contributed by atoms with Crippen LogP contribution < -0.4 is 5.73 Å². The number of aromatic nitrogens is 4. The summed E-state index contributed by atoms with van der Waals surface area (Å²) < 4.78 is 1.66. The van der Waals surface area contributed by atoms with Crippen LogP contribution in [0.2, 0.25) is 0 Å². The molecule has 1 aliphatic rings. The Morgan fingerprint density at radius 1 is 1.31 bits per heavy atom. The van der Waals surface area contributed by atoms with Gasteiger partial charge in [0, 0.05) is 19.2 Å². The number of hydrogen-bond acceptors (Lipinski definition) is 4. The number of aryl methyl sites for hydroxylation is 2. The van der Waals surface area contributed by atoms with E-state index in [4.69, 9.17) is 5.73 Å². The number of benzene rings is 1. The average Bonchev–Trinajstić information content (AvgIpc) is 3.00. The summed E-state index contributed by atoms with van der Waals surface area (Å²) in [4.78, 5) is 7.94. The normalized spacial score (nSPS) is 14.0. The molecule has 0 fully saturated rings. The van der Waals surface area contributed by atoms with Crippen molar-refractivity contribution < 1.29 is 5.11 Å². The van der Waals surface area contributed by atoms with Crippen molar-refractivity contribution in [2.75, 3.05) is 0 Å². The summed E-state index contributed by atoms with van der Waals surface area (Å²) in [7, 11) is 1.81. The van der Waals surface area contributed by atoms with Crippen LogP contribution in [0.1, 0.15) is 23.2 Å². The number of hydrogen-bond donors (Lipinski definition) is 3. The lowest BCUT2D eigenvalue weighted by atomic mass is 10.1. The first kappa shape index (κ1) is 16.4. The molecular weight excluding hydrogens is 326 g/mol. The molecule has 4 N–H and O–H groups in total. The Hall–Kier alpha value is -3.12. The third-order valence-electron chi connectivity index (χ3n) is 4.68. The number of imidazole rings is 1. The van der Waals surface area contributed by atoms with Crippen molar-refractivity contribution in [1.29, 1.82) is 0 Å². The van der Waals surface area contributed by atoms with Gasteiger partial charge in [0.15, 0.2) is 11.6 Å². The molecule has 6 nitrogen and oxygen atoms in total. The van der Waals surface area contributed by atoms with E-state index in [0.29, 0.717) is 23.8 Å². The quantitative estimate of drug-likeness (QED) is 0.677. The average molecular weight is 347 g/mol. The third-order valence-corrected chi connectivity index (χ3v) is 4.68. The van der Waals surface area contributed by atoms with Crippen LogP contribution in [0.25, 0.3) is 28.1 Å². The standard InChI is InChI=1S/C20H21N5O/c1-12-9-15-16(10-14(12)11-21)23-20(22-15)18-19(26)17(24-25(18)2)13-7-5-3-4-6-8-13/h3-5,7-10,26H,6,11,21H2,1-2H3,(H,22,23). The summed E-state index contributed by atoms with van der Waals surface area (Å²) in [6.07, 6.45) is 10.8. The van der Waals surface area contributed by atoms with E-state index in [0.717, 1.165) is 34.2 Å². The number of nitrogens with zero attached hydrogens (tertiary/aromatic N) is 3. The van der Waals surface area contributed by atoms with Gasteiger partial charge in [-0.2, -0.15) is 5.10 Å². The van der Waals surface area contributed by atoms with Crippen molar-refractivity contribution in [3.05, 3.63) is 59.3 Å². The molecule has 0 atom stereocenters. The summed E-state index contributed by atoms with van der Waals surface area (Å²) in [5.74, 6) is 0.712.